The SMILES string of the molecule is CC(C)(C)[Si](C)(C)n1ccc2cc(N3CCNC(Cc4ccccc4)C3)ccc21. The quantitative estimate of drug-likeness (QED) is 0.577. The number of rotatable bonds is 4. The van der Waals surface area contributed by atoms with Gasteiger partial charge in [0.15, 0.2) is 8.24 Å². The van der Waals surface area contributed by atoms with Crippen molar-refractivity contribution in [3.63, 3.8) is 0 Å². The number of benzene rings is 2. The van der Waals surface area contributed by atoms with Gasteiger partial charge in [-0.15, -0.1) is 0 Å². The van der Waals surface area contributed by atoms with Crippen molar-refractivity contribution in [2.24, 2.45) is 0 Å². The zero-order valence-electron chi connectivity index (χ0n) is 18.6. The molecule has 4 rings (SSSR count). The Morgan fingerprint density at radius 3 is 2.52 bits per heavy atom. The minimum atomic E-state index is -1.61. The summed E-state index contributed by atoms with van der Waals surface area (Å²) in [5.74, 6) is 0. The second-order valence-electron chi connectivity index (χ2n) is 10.0. The van der Waals surface area contributed by atoms with E-state index in [9.17, 15) is 0 Å². The summed E-state index contributed by atoms with van der Waals surface area (Å²) >= 11 is 0. The van der Waals surface area contributed by atoms with Crippen molar-refractivity contribution >= 4 is 24.8 Å². The van der Waals surface area contributed by atoms with E-state index in [1.54, 1.807) is 0 Å². The summed E-state index contributed by atoms with van der Waals surface area (Å²) in [7, 11) is -1.61. The first kappa shape index (κ1) is 20.2. The highest BCUT2D eigenvalue weighted by Crippen LogP contribution is 2.39. The molecule has 1 fully saturated rings. The first-order chi connectivity index (χ1) is 13.8. The van der Waals surface area contributed by atoms with Gasteiger partial charge in [0.2, 0.25) is 0 Å². The highest BCUT2D eigenvalue weighted by molar-refractivity contribution is 6.79. The molecule has 154 valence electrons. The van der Waals surface area contributed by atoms with Crippen LogP contribution >= 0.6 is 0 Å². The topological polar surface area (TPSA) is 20.2 Å². The van der Waals surface area contributed by atoms with Crippen LogP contribution in [0.4, 0.5) is 5.69 Å². The smallest absolute Gasteiger partial charge is 0.161 e. The van der Waals surface area contributed by atoms with Crippen LogP contribution in [0.1, 0.15) is 26.3 Å². The van der Waals surface area contributed by atoms with E-state index in [4.69, 9.17) is 0 Å². The van der Waals surface area contributed by atoms with Gasteiger partial charge in [-0.1, -0.05) is 64.2 Å². The van der Waals surface area contributed by atoms with Gasteiger partial charge in [-0.2, -0.15) is 0 Å². The van der Waals surface area contributed by atoms with E-state index in [1.807, 2.05) is 0 Å². The summed E-state index contributed by atoms with van der Waals surface area (Å²) in [4.78, 5) is 2.55. The fraction of sp³-hybridized carbons (Fsp3) is 0.440. The summed E-state index contributed by atoms with van der Waals surface area (Å²) in [6.07, 6.45) is 3.41. The van der Waals surface area contributed by atoms with Crippen molar-refractivity contribution in [3.8, 4) is 0 Å². The highest BCUT2D eigenvalue weighted by Gasteiger charge is 2.38. The molecule has 1 saturated heterocycles. The van der Waals surface area contributed by atoms with Crippen LogP contribution in [0.5, 0.6) is 0 Å². The molecule has 3 nitrogen and oxygen atoms in total. The molecule has 0 saturated carbocycles. The Balaban J connectivity index is 1.55. The molecule has 2 heterocycles. The molecular weight excluding hydrogens is 370 g/mol. The number of fused-ring (bicyclic) bond motifs is 1. The number of hydrogen-bond donors (Lipinski definition) is 1. The first-order valence-electron chi connectivity index (χ1n) is 10.9. The molecule has 0 spiro atoms. The van der Waals surface area contributed by atoms with Crippen molar-refractivity contribution in [2.45, 2.75) is 51.4 Å². The Labute approximate surface area is 176 Å². The van der Waals surface area contributed by atoms with Gasteiger partial charge in [0, 0.05) is 42.3 Å². The minimum Gasteiger partial charge on any atom is -0.374 e. The van der Waals surface area contributed by atoms with Gasteiger partial charge < -0.3 is 14.4 Å². The molecule has 1 atom stereocenters. The maximum atomic E-state index is 3.70. The monoisotopic (exact) mass is 405 g/mol. The van der Waals surface area contributed by atoms with Gasteiger partial charge in [-0.05, 0) is 47.5 Å². The van der Waals surface area contributed by atoms with Crippen LogP contribution in [0.25, 0.3) is 10.9 Å². The van der Waals surface area contributed by atoms with Gasteiger partial charge >= 0.3 is 0 Å². The van der Waals surface area contributed by atoms with E-state index in [2.05, 4.69) is 109 Å². The molecule has 0 bridgehead atoms. The molecule has 4 heteroatoms. The van der Waals surface area contributed by atoms with Gasteiger partial charge in [0.25, 0.3) is 0 Å². The highest BCUT2D eigenvalue weighted by atomic mass is 28.3. The number of nitrogens with zero attached hydrogens (tertiary/aromatic N) is 2. The summed E-state index contributed by atoms with van der Waals surface area (Å²) in [6, 6.07) is 20.7. The number of nitrogens with one attached hydrogen (secondary N) is 1. The molecule has 1 unspecified atom stereocenters. The lowest BCUT2D eigenvalue weighted by Crippen LogP contribution is -2.51. The zero-order valence-corrected chi connectivity index (χ0v) is 19.6. The average molecular weight is 406 g/mol. The van der Waals surface area contributed by atoms with Crippen LogP contribution in [0.3, 0.4) is 0 Å². The van der Waals surface area contributed by atoms with E-state index in [0.29, 0.717) is 11.1 Å². The Hall–Kier alpha value is -2.04. The van der Waals surface area contributed by atoms with Gasteiger partial charge in [-0.25, -0.2) is 0 Å². The molecule has 1 aliphatic heterocycles. The second-order valence-corrected chi connectivity index (χ2v) is 15.1. The van der Waals surface area contributed by atoms with Gasteiger partial charge in [0.1, 0.15) is 0 Å². The molecule has 1 N–H and O–H groups in total. The van der Waals surface area contributed by atoms with E-state index in [1.165, 1.54) is 22.2 Å². The van der Waals surface area contributed by atoms with E-state index < -0.39 is 8.24 Å². The molecule has 2 aromatic carbocycles. The molecule has 3 aromatic rings. The van der Waals surface area contributed by atoms with Crippen molar-refractivity contribution in [1.29, 1.82) is 0 Å². The van der Waals surface area contributed by atoms with E-state index in [-0.39, 0.29) is 0 Å². The molecule has 1 aliphatic rings. The maximum absolute atomic E-state index is 3.70. The number of piperazine rings is 1. The van der Waals surface area contributed by atoms with Crippen LogP contribution < -0.4 is 10.2 Å². The average Bonchev–Trinajstić information content (AvgIpc) is 3.12. The predicted molar refractivity (Wildman–Crippen MR) is 129 cm³/mol. The van der Waals surface area contributed by atoms with Crippen LogP contribution in [-0.4, -0.2) is 38.1 Å². The zero-order chi connectivity index (χ0) is 20.6. The molecule has 0 amide bonds. The van der Waals surface area contributed by atoms with Crippen molar-refractivity contribution in [3.05, 3.63) is 66.4 Å². The van der Waals surface area contributed by atoms with Gasteiger partial charge in [-0.3, -0.25) is 0 Å². The Morgan fingerprint density at radius 2 is 1.79 bits per heavy atom. The Bertz CT molecular complexity index is 969. The molecule has 1 aromatic heterocycles. The molecule has 0 radical (unpaired) electrons. The summed E-state index contributed by atoms with van der Waals surface area (Å²) < 4.78 is 2.59. The first-order valence-corrected chi connectivity index (χ1v) is 13.8. The third-order valence-corrected chi connectivity index (χ3v) is 12.3. The number of anilines is 1. The van der Waals surface area contributed by atoms with Crippen LogP contribution in [-0.2, 0) is 6.42 Å². The number of aromatic nitrogens is 1. The summed E-state index contributed by atoms with van der Waals surface area (Å²) in [5.41, 5.74) is 4.15. The molecule has 0 aliphatic carbocycles. The largest absolute Gasteiger partial charge is 0.374 e. The third-order valence-electron chi connectivity index (χ3n) is 7.06. The number of hydrogen-bond acceptors (Lipinski definition) is 2. The van der Waals surface area contributed by atoms with E-state index >= 15 is 0 Å². The Morgan fingerprint density at radius 1 is 1.03 bits per heavy atom. The van der Waals surface area contributed by atoms with E-state index in [0.717, 1.165) is 26.1 Å². The lowest BCUT2D eigenvalue weighted by Gasteiger charge is -2.38. The normalized spacial score (nSPS) is 18.4. The summed E-state index contributed by atoms with van der Waals surface area (Å²) in [5, 5.41) is 5.39. The minimum absolute atomic E-state index is 0.320. The summed E-state index contributed by atoms with van der Waals surface area (Å²) in [6.45, 7) is 15.3. The van der Waals surface area contributed by atoms with Crippen LogP contribution in [0, 0.1) is 0 Å². The van der Waals surface area contributed by atoms with Crippen molar-refractivity contribution < 1.29 is 0 Å². The van der Waals surface area contributed by atoms with Crippen molar-refractivity contribution in [1.82, 2.24) is 9.55 Å². The predicted octanol–water partition coefficient (Wildman–Crippen LogP) is 5.52. The standard InChI is InChI=1S/C25H35N3Si/c1-25(2,3)29(4,5)28-15-13-21-18-23(11-12-24(21)28)27-16-14-26-22(19-27)17-20-9-7-6-8-10-20/h6-13,15,18,22,26H,14,16-17,19H2,1-5H3. The van der Waals surface area contributed by atoms with Crippen LogP contribution in [0.2, 0.25) is 18.1 Å². The Kier molecular flexibility index (Phi) is 5.34. The fourth-order valence-corrected chi connectivity index (χ4v) is 6.25. The third kappa shape index (κ3) is 4.01. The van der Waals surface area contributed by atoms with Crippen molar-refractivity contribution in [2.75, 3.05) is 24.5 Å². The lowest BCUT2D eigenvalue weighted by molar-refractivity contribution is 0.455. The van der Waals surface area contributed by atoms with Gasteiger partial charge in [0.05, 0.1) is 0 Å². The maximum Gasteiger partial charge on any atom is 0.161 e. The second kappa shape index (κ2) is 7.65. The lowest BCUT2D eigenvalue weighted by atomic mass is 10.0. The van der Waals surface area contributed by atoms with Crippen LogP contribution in [0.15, 0.2) is 60.8 Å². The fourth-order valence-electron chi connectivity index (χ4n) is 4.27. The molecule has 29 heavy (non-hydrogen) atoms. The molecular formula is C25H35N3Si.